The van der Waals surface area contributed by atoms with Crippen molar-refractivity contribution in [2.75, 3.05) is 24.3 Å². The Kier molecular flexibility index (Phi) is 5.16. The Labute approximate surface area is 130 Å². The number of benzene rings is 2. The average Bonchev–Trinajstić information content (AvgIpc) is 2.47. The fourth-order valence-electron chi connectivity index (χ4n) is 1.69. The van der Waals surface area contributed by atoms with Crippen LogP contribution in [-0.4, -0.2) is 19.6 Å². The molecule has 0 aliphatic rings. The molecule has 0 aliphatic heterocycles. The molecule has 6 heteroatoms. The summed E-state index contributed by atoms with van der Waals surface area (Å²) >= 11 is 3.23. The monoisotopic (exact) mass is 352 g/mol. The quantitative estimate of drug-likeness (QED) is 0.863. The second-order valence-electron chi connectivity index (χ2n) is 4.25. The van der Waals surface area contributed by atoms with Gasteiger partial charge in [0.15, 0.2) is 0 Å². The largest absolute Gasteiger partial charge is 0.497 e. The van der Waals surface area contributed by atoms with Crippen molar-refractivity contribution in [3.05, 3.63) is 52.8 Å². The van der Waals surface area contributed by atoms with E-state index in [2.05, 4.69) is 26.6 Å². The summed E-state index contributed by atoms with van der Waals surface area (Å²) in [5, 5.41) is 5.68. The SMILES string of the molecule is COc1ccc(NC(=O)CNc2ccc(F)cc2Br)cc1. The van der Waals surface area contributed by atoms with Crippen LogP contribution in [0.2, 0.25) is 0 Å². The van der Waals surface area contributed by atoms with E-state index in [1.165, 1.54) is 12.1 Å². The maximum atomic E-state index is 12.9. The van der Waals surface area contributed by atoms with E-state index in [0.717, 1.165) is 5.75 Å². The third kappa shape index (κ3) is 4.46. The Morgan fingerprint density at radius 2 is 1.95 bits per heavy atom. The number of nitrogens with one attached hydrogen (secondary N) is 2. The Morgan fingerprint density at radius 3 is 2.57 bits per heavy atom. The first-order valence-electron chi connectivity index (χ1n) is 6.21. The lowest BCUT2D eigenvalue weighted by atomic mass is 10.3. The second kappa shape index (κ2) is 7.08. The molecule has 0 bridgehead atoms. The molecule has 2 N–H and O–H groups in total. The first-order valence-corrected chi connectivity index (χ1v) is 7.00. The maximum Gasteiger partial charge on any atom is 0.243 e. The molecule has 110 valence electrons. The minimum Gasteiger partial charge on any atom is -0.497 e. The third-order valence-corrected chi connectivity index (χ3v) is 3.40. The molecule has 0 radical (unpaired) electrons. The lowest BCUT2D eigenvalue weighted by molar-refractivity contribution is -0.114. The number of carbonyl (C=O) groups is 1. The van der Waals surface area contributed by atoms with Gasteiger partial charge in [-0.05, 0) is 58.4 Å². The summed E-state index contributed by atoms with van der Waals surface area (Å²) in [6.07, 6.45) is 0. The van der Waals surface area contributed by atoms with Crippen molar-refractivity contribution >= 4 is 33.2 Å². The number of halogens is 2. The van der Waals surface area contributed by atoms with E-state index < -0.39 is 0 Å². The van der Waals surface area contributed by atoms with Gasteiger partial charge in [0.2, 0.25) is 5.91 Å². The molecule has 0 saturated heterocycles. The zero-order chi connectivity index (χ0) is 15.2. The van der Waals surface area contributed by atoms with Crippen molar-refractivity contribution in [1.29, 1.82) is 0 Å². The van der Waals surface area contributed by atoms with Gasteiger partial charge < -0.3 is 15.4 Å². The molecule has 0 fully saturated rings. The van der Waals surface area contributed by atoms with E-state index in [1.807, 2.05) is 0 Å². The lowest BCUT2D eigenvalue weighted by Crippen LogP contribution is -2.21. The van der Waals surface area contributed by atoms with E-state index >= 15 is 0 Å². The second-order valence-corrected chi connectivity index (χ2v) is 5.11. The fraction of sp³-hybridized carbons (Fsp3) is 0.133. The average molecular weight is 353 g/mol. The summed E-state index contributed by atoms with van der Waals surface area (Å²) in [5.74, 6) is 0.188. The molecule has 2 rings (SSSR count). The summed E-state index contributed by atoms with van der Waals surface area (Å²) < 4.78 is 18.6. The number of hydrogen-bond acceptors (Lipinski definition) is 3. The number of amides is 1. The molecule has 0 heterocycles. The van der Waals surface area contributed by atoms with E-state index in [-0.39, 0.29) is 18.3 Å². The van der Waals surface area contributed by atoms with Gasteiger partial charge in [-0.2, -0.15) is 0 Å². The smallest absolute Gasteiger partial charge is 0.243 e. The van der Waals surface area contributed by atoms with Crippen LogP contribution in [0.4, 0.5) is 15.8 Å². The zero-order valence-corrected chi connectivity index (χ0v) is 12.9. The summed E-state index contributed by atoms with van der Waals surface area (Å²) in [6, 6.07) is 11.3. The lowest BCUT2D eigenvalue weighted by Gasteiger charge is -2.09. The van der Waals surface area contributed by atoms with Gasteiger partial charge in [0.05, 0.1) is 13.7 Å². The predicted molar refractivity (Wildman–Crippen MR) is 84.2 cm³/mol. The molecule has 2 aromatic carbocycles. The zero-order valence-electron chi connectivity index (χ0n) is 11.3. The van der Waals surface area contributed by atoms with E-state index in [1.54, 1.807) is 37.4 Å². The molecule has 1 amide bonds. The molecule has 0 aromatic heterocycles. The maximum absolute atomic E-state index is 12.9. The summed E-state index contributed by atoms with van der Waals surface area (Å²) in [7, 11) is 1.58. The Morgan fingerprint density at radius 1 is 1.24 bits per heavy atom. The summed E-state index contributed by atoms with van der Waals surface area (Å²) in [4.78, 5) is 11.8. The molecule has 0 unspecified atom stereocenters. The number of rotatable bonds is 5. The predicted octanol–water partition coefficient (Wildman–Crippen LogP) is 3.65. The number of methoxy groups -OCH3 is 1. The molecule has 4 nitrogen and oxygen atoms in total. The summed E-state index contributed by atoms with van der Waals surface area (Å²) in [5.41, 5.74) is 1.34. The standard InChI is InChI=1S/C15H14BrFN2O2/c1-21-12-5-3-11(4-6-12)19-15(20)9-18-14-7-2-10(17)8-13(14)16/h2-8,18H,9H2,1H3,(H,19,20). The molecule has 0 atom stereocenters. The van der Waals surface area contributed by atoms with E-state index in [4.69, 9.17) is 4.74 Å². The van der Waals surface area contributed by atoms with Crippen LogP contribution in [0.3, 0.4) is 0 Å². The van der Waals surface area contributed by atoms with Crippen molar-refractivity contribution in [3.63, 3.8) is 0 Å². The minimum absolute atomic E-state index is 0.0796. The summed E-state index contributed by atoms with van der Waals surface area (Å²) in [6.45, 7) is 0.0796. The third-order valence-electron chi connectivity index (χ3n) is 2.74. The highest BCUT2D eigenvalue weighted by Crippen LogP contribution is 2.22. The van der Waals surface area contributed by atoms with Crippen molar-refractivity contribution in [3.8, 4) is 5.75 Å². The van der Waals surface area contributed by atoms with E-state index in [0.29, 0.717) is 15.8 Å². The Bertz CT molecular complexity index is 632. The van der Waals surface area contributed by atoms with Crippen molar-refractivity contribution in [2.45, 2.75) is 0 Å². The topological polar surface area (TPSA) is 50.4 Å². The normalized spacial score (nSPS) is 10.0. The van der Waals surface area contributed by atoms with Crippen LogP contribution < -0.4 is 15.4 Å². The molecule has 0 saturated carbocycles. The van der Waals surface area contributed by atoms with Crippen LogP contribution in [0.15, 0.2) is 46.9 Å². The number of carbonyl (C=O) groups excluding carboxylic acids is 1. The molecule has 0 aliphatic carbocycles. The van der Waals surface area contributed by atoms with Crippen molar-refractivity contribution < 1.29 is 13.9 Å². The van der Waals surface area contributed by atoms with Crippen LogP contribution in [0.5, 0.6) is 5.75 Å². The number of anilines is 2. The highest BCUT2D eigenvalue weighted by atomic mass is 79.9. The van der Waals surface area contributed by atoms with Crippen LogP contribution in [-0.2, 0) is 4.79 Å². The minimum atomic E-state index is -0.338. The fourth-order valence-corrected chi connectivity index (χ4v) is 2.18. The molecule has 0 spiro atoms. The van der Waals surface area contributed by atoms with Crippen LogP contribution in [0.25, 0.3) is 0 Å². The van der Waals surface area contributed by atoms with Crippen LogP contribution in [0, 0.1) is 5.82 Å². The van der Waals surface area contributed by atoms with Crippen molar-refractivity contribution in [2.24, 2.45) is 0 Å². The van der Waals surface area contributed by atoms with E-state index in [9.17, 15) is 9.18 Å². The molecule has 2 aromatic rings. The van der Waals surface area contributed by atoms with Gasteiger partial charge in [-0.1, -0.05) is 0 Å². The van der Waals surface area contributed by atoms with Gasteiger partial charge in [0, 0.05) is 15.8 Å². The van der Waals surface area contributed by atoms with Gasteiger partial charge in [-0.25, -0.2) is 4.39 Å². The highest BCUT2D eigenvalue weighted by Gasteiger charge is 2.05. The van der Waals surface area contributed by atoms with Gasteiger partial charge >= 0.3 is 0 Å². The van der Waals surface area contributed by atoms with Crippen molar-refractivity contribution in [1.82, 2.24) is 0 Å². The van der Waals surface area contributed by atoms with Crippen LogP contribution in [0.1, 0.15) is 0 Å². The van der Waals surface area contributed by atoms with Gasteiger partial charge in [-0.15, -0.1) is 0 Å². The molecular formula is C15H14BrFN2O2. The van der Waals surface area contributed by atoms with Gasteiger partial charge in [-0.3, -0.25) is 4.79 Å². The highest BCUT2D eigenvalue weighted by molar-refractivity contribution is 9.10. The first-order chi connectivity index (χ1) is 10.1. The Balaban J connectivity index is 1.89. The van der Waals surface area contributed by atoms with Gasteiger partial charge in [0.1, 0.15) is 11.6 Å². The first kappa shape index (κ1) is 15.3. The number of hydrogen-bond donors (Lipinski definition) is 2. The van der Waals surface area contributed by atoms with Crippen LogP contribution >= 0.6 is 15.9 Å². The van der Waals surface area contributed by atoms with Gasteiger partial charge in [0.25, 0.3) is 0 Å². The molecular weight excluding hydrogens is 339 g/mol. The number of ether oxygens (including phenoxy) is 1. The Hall–Kier alpha value is -2.08. The molecule has 21 heavy (non-hydrogen) atoms.